The van der Waals surface area contributed by atoms with Crippen molar-refractivity contribution in [1.82, 2.24) is 0 Å². The normalized spacial score (nSPS) is 52.3. The van der Waals surface area contributed by atoms with E-state index in [2.05, 4.69) is 6.92 Å². The van der Waals surface area contributed by atoms with E-state index in [0.29, 0.717) is 96.1 Å². The Bertz CT molecular complexity index is 1590. The molecule has 8 aliphatic carbocycles. The van der Waals surface area contributed by atoms with Crippen molar-refractivity contribution < 1.29 is 48.0 Å². The van der Waals surface area contributed by atoms with Crippen molar-refractivity contribution in [3.05, 3.63) is 0 Å². The van der Waals surface area contributed by atoms with Gasteiger partial charge in [-0.05, 0) is 178 Å². The number of cyclic esters (lactones) is 2. The largest absolute Gasteiger partial charge is 0.481 e. The summed E-state index contributed by atoms with van der Waals surface area (Å²) in [5.74, 6) is 4.37. The molecule has 8 bridgehead atoms. The molecule has 0 amide bonds. The number of esters is 4. The second kappa shape index (κ2) is 13.8. The van der Waals surface area contributed by atoms with Crippen LogP contribution in [0.3, 0.4) is 0 Å². The Morgan fingerprint density at radius 2 is 1.16 bits per heavy atom. The molecular formula is C45H62O10. The molecule has 10 heteroatoms. The summed E-state index contributed by atoms with van der Waals surface area (Å²) >= 11 is 0. The molecular weight excluding hydrogens is 700 g/mol. The summed E-state index contributed by atoms with van der Waals surface area (Å²) in [5.41, 5.74) is 0. The van der Waals surface area contributed by atoms with Gasteiger partial charge in [0.1, 0.15) is 12.7 Å². The fraction of sp³-hybridized carbons (Fsp3) is 0.889. The predicted octanol–water partition coefficient (Wildman–Crippen LogP) is 6.43. The average molecular weight is 763 g/mol. The minimum atomic E-state index is -0.634. The van der Waals surface area contributed by atoms with Gasteiger partial charge < -0.3 is 24.1 Å². The monoisotopic (exact) mass is 762 g/mol. The molecule has 10 fully saturated rings. The van der Waals surface area contributed by atoms with Gasteiger partial charge in [-0.1, -0.05) is 13.8 Å². The SMILES string of the molecule is COC(=O)C1CC2CC1C(CC1C3CC(C(=O)O)C(C3)C1CC1C3CC(C(=O)OCC4CO4)C(C3)C1CC1C3CCC(C3)C1CC1C(=O)OC(=O)C1C)C2C. The molecule has 8 saturated carbocycles. The lowest BCUT2D eigenvalue weighted by Crippen LogP contribution is -2.41. The van der Waals surface area contributed by atoms with Gasteiger partial charge in [0.05, 0.1) is 43.3 Å². The quantitative estimate of drug-likeness (QED) is 0.0965. The smallest absolute Gasteiger partial charge is 0.317 e. The van der Waals surface area contributed by atoms with E-state index < -0.39 is 11.9 Å². The molecule has 0 radical (unpaired) electrons. The lowest BCUT2D eigenvalue weighted by molar-refractivity contribution is -0.155. The zero-order chi connectivity index (χ0) is 38.0. The van der Waals surface area contributed by atoms with Gasteiger partial charge in [0.2, 0.25) is 0 Å². The Balaban J connectivity index is 0.924. The molecule has 55 heavy (non-hydrogen) atoms. The number of epoxide rings is 1. The van der Waals surface area contributed by atoms with Crippen LogP contribution >= 0.6 is 0 Å². The fourth-order valence-electron chi connectivity index (χ4n) is 16.6. The number of fused-ring (bicyclic) bond motifs is 8. The van der Waals surface area contributed by atoms with E-state index in [-0.39, 0.29) is 65.5 Å². The van der Waals surface area contributed by atoms with Crippen LogP contribution in [0.15, 0.2) is 0 Å². The maximum absolute atomic E-state index is 13.7. The maximum Gasteiger partial charge on any atom is 0.317 e. The second-order valence-corrected chi connectivity index (χ2v) is 20.9. The van der Waals surface area contributed by atoms with Crippen molar-refractivity contribution in [2.45, 2.75) is 103 Å². The summed E-state index contributed by atoms with van der Waals surface area (Å²) in [5, 5.41) is 10.5. The summed E-state index contributed by atoms with van der Waals surface area (Å²) in [6, 6.07) is 0. The molecule has 2 heterocycles. The topological polar surface area (TPSA) is 146 Å². The number of aliphatic carboxylic acids is 1. The lowest BCUT2D eigenvalue weighted by Gasteiger charge is -2.44. The third-order valence-electron chi connectivity index (χ3n) is 19.2. The first-order valence-electron chi connectivity index (χ1n) is 22.3. The number of carbonyl (C=O) groups excluding carboxylic acids is 4. The first kappa shape index (κ1) is 36.8. The summed E-state index contributed by atoms with van der Waals surface area (Å²) < 4.78 is 21.6. The zero-order valence-corrected chi connectivity index (χ0v) is 32.9. The highest BCUT2D eigenvalue weighted by Gasteiger charge is 2.63. The minimum Gasteiger partial charge on any atom is -0.481 e. The van der Waals surface area contributed by atoms with Crippen LogP contribution in [0, 0.1) is 124 Å². The average Bonchev–Trinajstić information content (AvgIpc) is 3.93. The number of carbonyl (C=O) groups is 5. The molecule has 10 aliphatic rings. The van der Waals surface area contributed by atoms with E-state index in [1.54, 1.807) is 0 Å². The molecule has 2 saturated heterocycles. The highest BCUT2D eigenvalue weighted by molar-refractivity contribution is 5.96. The second-order valence-electron chi connectivity index (χ2n) is 20.9. The zero-order valence-electron chi connectivity index (χ0n) is 32.9. The van der Waals surface area contributed by atoms with Gasteiger partial charge in [-0.15, -0.1) is 0 Å². The van der Waals surface area contributed by atoms with Crippen molar-refractivity contribution in [2.24, 2.45) is 124 Å². The fourth-order valence-corrected chi connectivity index (χ4v) is 16.6. The van der Waals surface area contributed by atoms with Crippen LogP contribution in [-0.2, 0) is 42.9 Å². The maximum atomic E-state index is 13.7. The van der Waals surface area contributed by atoms with Gasteiger partial charge >= 0.3 is 29.8 Å². The molecule has 10 nitrogen and oxygen atoms in total. The van der Waals surface area contributed by atoms with Crippen LogP contribution in [0.4, 0.5) is 0 Å². The van der Waals surface area contributed by atoms with Gasteiger partial charge in [0, 0.05) is 0 Å². The molecule has 22 unspecified atom stereocenters. The highest BCUT2D eigenvalue weighted by Crippen LogP contribution is 2.68. The molecule has 22 atom stereocenters. The van der Waals surface area contributed by atoms with E-state index in [0.717, 1.165) is 64.2 Å². The van der Waals surface area contributed by atoms with Gasteiger partial charge in [-0.25, -0.2) is 0 Å². The molecule has 0 aromatic rings. The Morgan fingerprint density at radius 3 is 1.75 bits per heavy atom. The van der Waals surface area contributed by atoms with E-state index in [1.807, 2.05) is 6.92 Å². The van der Waals surface area contributed by atoms with Crippen LogP contribution < -0.4 is 0 Å². The van der Waals surface area contributed by atoms with E-state index >= 15 is 0 Å². The summed E-state index contributed by atoms with van der Waals surface area (Å²) in [7, 11) is 1.52. The molecule has 10 rings (SSSR count). The molecule has 302 valence electrons. The molecule has 0 spiro atoms. The third kappa shape index (κ3) is 6.05. The lowest BCUT2D eigenvalue weighted by atomic mass is 9.60. The Labute approximate surface area is 325 Å². The first-order valence-corrected chi connectivity index (χ1v) is 22.3. The minimum absolute atomic E-state index is 0.00000753. The molecule has 0 aromatic carbocycles. The standard InChI is InChI=1S/C45H62O10/c1-19-23-7-33(39(8-23)43(49)52-3)27(19)13-31-24-9-34(38(11-24)41(46)47)36(31)16-32-25-10-35(40(12-25)44(50)54-18-26-17-53-26)37(32)15-30-22-5-4-21(6-22)29(30)14-28-20(2)42(48)55-45(28)51/h19-40H,4-18H2,1-3H3,(H,46,47). The predicted molar refractivity (Wildman–Crippen MR) is 196 cm³/mol. The van der Waals surface area contributed by atoms with Gasteiger partial charge in [-0.2, -0.15) is 0 Å². The number of carboxylic acids is 1. The third-order valence-corrected chi connectivity index (χ3v) is 19.2. The summed E-state index contributed by atoms with van der Waals surface area (Å²) in [6.45, 7) is 5.24. The molecule has 2 aliphatic heterocycles. The van der Waals surface area contributed by atoms with E-state index in [4.69, 9.17) is 18.9 Å². The van der Waals surface area contributed by atoms with Gasteiger partial charge in [0.15, 0.2) is 0 Å². The Morgan fingerprint density at radius 1 is 0.636 bits per heavy atom. The van der Waals surface area contributed by atoms with Crippen molar-refractivity contribution in [1.29, 1.82) is 0 Å². The van der Waals surface area contributed by atoms with E-state index in [9.17, 15) is 29.1 Å². The number of methoxy groups -OCH3 is 1. The molecule has 1 N–H and O–H groups in total. The van der Waals surface area contributed by atoms with Crippen molar-refractivity contribution in [3.63, 3.8) is 0 Å². The number of hydrogen-bond donors (Lipinski definition) is 1. The summed E-state index contributed by atoms with van der Waals surface area (Å²) in [4.78, 5) is 64.6. The number of rotatable bonds is 13. The summed E-state index contributed by atoms with van der Waals surface area (Å²) in [6.07, 6.45) is 13.3. The molecule has 0 aromatic heterocycles. The van der Waals surface area contributed by atoms with Gasteiger partial charge in [-0.3, -0.25) is 24.0 Å². The van der Waals surface area contributed by atoms with Crippen molar-refractivity contribution in [3.8, 4) is 0 Å². The number of hydrogen-bond acceptors (Lipinski definition) is 9. The Kier molecular flexibility index (Phi) is 9.25. The number of ether oxygens (including phenoxy) is 4. The van der Waals surface area contributed by atoms with E-state index in [1.165, 1.54) is 26.4 Å². The van der Waals surface area contributed by atoms with Crippen LogP contribution in [0.25, 0.3) is 0 Å². The first-order chi connectivity index (χ1) is 26.5. The Hall–Kier alpha value is -2.49. The van der Waals surface area contributed by atoms with Crippen molar-refractivity contribution >= 4 is 29.8 Å². The van der Waals surface area contributed by atoms with Crippen molar-refractivity contribution in [2.75, 3.05) is 20.3 Å². The number of carboxylic acid groups (broad SMARTS) is 1. The highest BCUT2D eigenvalue weighted by atomic mass is 16.6. The van der Waals surface area contributed by atoms with Gasteiger partial charge in [0.25, 0.3) is 0 Å². The van der Waals surface area contributed by atoms with Crippen LogP contribution in [-0.4, -0.2) is 61.4 Å². The van der Waals surface area contributed by atoms with Crippen LogP contribution in [0.1, 0.15) is 97.3 Å². The van der Waals surface area contributed by atoms with Crippen LogP contribution in [0.2, 0.25) is 0 Å². The van der Waals surface area contributed by atoms with Crippen LogP contribution in [0.5, 0.6) is 0 Å².